The SMILES string of the molecule is Cc1ccc(C(=O)O)c([C@@H](N)CC(C)C)c1O.Cl. The molecule has 0 fully saturated rings. The Bertz CT molecular complexity index is 432. The normalized spacial score (nSPS) is 12.1. The fourth-order valence-corrected chi connectivity index (χ4v) is 1.90. The lowest BCUT2D eigenvalue weighted by Crippen LogP contribution is -2.17. The van der Waals surface area contributed by atoms with E-state index in [1.165, 1.54) is 6.07 Å². The molecule has 0 saturated carbocycles. The first kappa shape index (κ1) is 16.7. The van der Waals surface area contributed by atoms with Crippen molar-refractivity contribution in [1.82, 2.24) is 0 Å². The zero-order chi connectivity index (χ0) is 13.2. The average Bonchev–Trinajstić information content (AvgIpc) is 2.20. The molecule has 0 unspecified atom stereocenters. The van der Waals surface area contributed by atoms with Crippen molar-refractivity contribution in [2.75, 3.05) is 0 Å². The van der Waals surface area contributed by atoms with E-state index in [2.05, 4.69) is 0 Å². The molecule has 0 aliphatic rings. The molecule has 0 aliphatic carbocycles. The summed E-state index contributed by atoms with van der Waals surface area (Å²) in [4.78, 5) is 11.1. The number of benzene rings is 1. The molecule has 0 aromatic heterocycles. The molecule has 0 aliphatic heterocycles. The molecule has 1 aromatic rings. The molecule has 0 bridgehead atoms. The Morgan fingerprint density at radius 1 is 1.39 bits per heavy atom. The highest BCUT2D eigenvalue weighted by atomic mass is 35.5. The maximum atomic E-state index is 11.1. The van der Waals surface area contributed by atoms with Crippen molar-refractivity contribution in [3.8, 4) is 5.75 Å². The Labute approximate surface area is 113 Å². The number of carboxylic acid groups (broad SMARTS) is 1. The standard InChI is InChI=1S/C13H19NO3.ClH/c1-7(2)6-10(14)11-9(13(16)17)5-4-8(3)12(11)15;/h4-5,7,10,15H,6,14H2,1-3H3,(H,16,17);1H/t10-;/m0./s1. The Hall–Kier alpha value is -1.26. The smallest absolute Gasteiger partial charge is 0.336 e. The van der Waals surface area contributed by atoms with Crippen LogP contribution in [0.3, 0.4) is 0 Å². The zero-order valence-corrected chi connectivity index (χ0v) is 11.6. The van der Waals surface area contributed by atoms with Crippen molar-refractivity contribution in [1.29, 1.82) is 0 Å². The van der Waals surface area contributed by atoms with E-state index in [1.54, 1.807) is 13.0 Å². The number of nitrogens with two attached hydrogens (primary N) is 1. The van der Waals surface area contributed by atoms with Gasteiger partial charge in [-0.25, -0.2) is 4.79 Å². The average molecular weight is 274 g/mol. The van der Waals surface area contributed by atoms with Gasteiger partial charge in [0.25, 0.3) is 0 Å². The van der Waals surface area contributed by atoms with Gasteiger partial charge in [-0.05, 0) is 30.9 Å². The van der Waals surface area contributed by atoms with Gasteiger partial charge in [-0.15, -0.1) is 12.4 Å². The number of aryl methyl sites for hydroxylation is 1. The Balaban J connectivity index is 0.00000289. The second-order valence-electron chi connectivity index (χ2n) is 4.73. The third-order valence-electron chi connectivity index (χ3n) is 2.75. The molecule has 5 heteroatoms. The molecule has 0 saturated heterocycles. The molecule has 4 nitrogen and oxygen atoms in total. The third kappa shape index (κ3) is 3.62. The molecule has 1 rings (SSSR count). The summed E-state index contributed by atoms with van der Waals surface area (Å²) in [6, 6.07) is 2.62. The van der Waals surface area contributed by atoms with E-state index >= 15 is 0 Å². The van der Waals surface area contributed by atoms with Crippen molar-refractivity contribution < 1.29 is 15.0 Å². The highest BCUT2D eigenvalue weighted by Gasteiger charge is 2.21. The molecule has 18 heavy (non-hydrogen) atoms. The quantitative estimate of drug-likeness (QED) is 0.788. The first-order valence-corrected chi connectivity index (χ1v) is 5.66. The van der Waals surface area contributed by atoms with Crippen LogP contribution in [-0.2, 0) is 0 Å². The topological polar surface area (TPSA) is 83.5 Å². The molecule has 0 spiro atoms. The lowest BCUT2D eigenvalue weighted by Gasteiger charge is -2.19. The molecule has 0 radical (unpaired) electrons. The first-order chi connectivity index (χ1) is 7.84. The van der Waals surface area contributed by atoms with Gasteiger partial charge in [-0.3, -0.25) is 0 Å². The number of rotatable bonds is 4. The number of hydrogen-bond donors (Lipinski definition) is 3. The summed E-state index contributed by atoms with van der Waals surface area (Å²) in [5.74, 6) is -0.723. The molecule has 1 aromatic carbocycles. The number of aromatic hydroxyl groups is 1. The number of carbonyl (C=O) groups is 1. The predicted octanol–water partition coefficient (Wildman–Crippen LogP) is 2.87. The fourth-order valence-electron chi connectivity index (χ4n) is 1.90. The van der Waals surface area contributed by atoms with E-state index in [1.807, 2.05) is 13.8 Å². The Morgan fingerprint density at radius 2 is 1.94 bits per heavy atom. The molecule has 0 heterocycles. The summed E-state index contributed by atoms with van der Waals surface area (Å²) >= 11 is 0. The van der Waals surface area contributed by atoms with E-state index in [9.17, 15) is 9.90 Å². The second-order valence-corrected chi connectivity index (χ2v) is 4.73. The van der Waals surface area contributed by atoms with E-state index < -0.39 is 12.0 Å². The molecule has 102 valence electrons. The van der Waals surface area contributed by atoms with Crippen molar-refractivity contribution >= 4 is 18.4 Å². The van der Waals surface area contributed by atoms with Crippen LogP contribution in [0.5, 0.6) is 5.75 Å². The number of phenols is 1. The lowest BCUT2D eigenvalue weighted by atomic mass is 9.91. The molecule has 4 N–H and O–H groups in total. The lowest BCUT2D eigenvalue weighted by molar-refractivity contribution is 0.0694. The third-order valence-corrected chi connectivity index (χ3v) is 2.75. The van der Waals surface area contributed by atoms with E-state index in [-0.39, 0.29) is 23.7 Å². The maximum absolute atomic E-state index is 11.1. The summed E-state index contributed by atoms with van der Waals surface area (Å²) in [7, 11) is 0. The first-order valence-electron chi connectivity index (χ1n) is 5.66. The largest absolute Gasteiger partial charge is 0.507 e. The minimum absolute atomic E-state index is 0. The Kier molecular flexibility index (Phi) is 6.15. The summed E-state index contributed by atoms with van der Waals surface area (Å²) in [5.41, 5.74) is 7.05. The van der Waals surface area contributed by atoms with Gasteiger partial charge in [-0.2, -0.15) is 0 Å². The second kappa shape index (κ2) is 6.61. The van der Waals surface area contributed by atoms with Gasteiger partial charge in [0.1, 0.15) is 5.75 Å². The summed E-state index contributed by atoms with van der Waals surface area (Å²) < 4.78 is 0. The van der Waals surface area contributed by atoms with Crippen molar-refractivity contribution in [3.63, 3.8) is 0 Å². The number of phenolic OH excluding ortho intramolecular Hbond substituents is 1. The van der Waals surface area contributed by atoms with Crippen LogP contribution < -0.4 is 5.73 Å². The molecule has 0 amide bonds. The van der Waals surface area contributed by atoms with Crippen molar-refractivity contribution in [2.45, 2.75) is 33.2 Å². The van der Waals surface area contributed by atoms with Crippen LogP contribution in [0.25, 0.3) is 0 Å². The van der Waals surface area contributed by atoms with Crippen LogP contribution in [0.4, 0.5) is 0 Å². The number of hydrogen-bond acceptors (Lipinski definition) is 3. The number of carboxylic acids is 1. The van der Waals surface area contributed by atoms with E-state index in [0.29, 0.717) is 23.5 Å². The zero-order valence-electron chi connectivity index (χ0n) is 10.8. The summed E-state index contributed by atoms with van der Waals surface area (Å²) in [6.45, 7) is 5.74. The van der Waals surface area contributed by atoms with Gasteiger partial charge in [0.2, 0.25) is 0 Å². The van der Waals surface area contributed by atoms with Crippen LogP contribution in [0.2, 0.25) is 0 Å². The molecular weight excluding hydrogens is 254 g/mol. The minimum atomic E-state index is -1.06. The van der Waals surface area contributed by atoms with E-state index in [0.717, 1.165) is 0 Å². The summed E-state index contributed by atoms with van der Waals surface area (Å²) in [6.07, 6.45) is 0.636. The molecule has 1 atom stereocenters. The van der Waals surface area contributed by atoms with Gasteiger partial charge >= 0.3 is 5.97 Å². The predicted molar refractivity (Wildman–Crippen MR) is 73.4 cm³/mol. The number of aromatic carboxylic acids is 1. The highest BCUT2D eigenvalue weighted by molar-refractivity contribution is 5.90. The van der Waals surface area contributed by atoms with E-state index in [4.69, 9.17) is 10.8 Å². The molecular formula is C13H20ClNO3. The minimum Gasteiger partial charge on any atom is -0.507 e. The fraction of sp³-hybridized carbons (Fsp3) is 0.462. The number of halogens is 1. The monoisotopic (exact) mass is 273 g/mol. The summed E-state index contributed by atoms with van der Waals surface area (Å²) in [5, 5.41) is 19.1. The van der Waals surface area contributed by atoms with Crippen molar-refractivity contribution in [3.05, 3.63) is 28.8 Å². The van der Waals surface area contributed by atoms with Gasteiger partial charge in [0.15, 0.2) is 0 Å². The van der Waals surface area contributed by atoms with Crippen LogP contribution in [0.1, 0.15) is 47.8 Å². The Morgan fingerprint density at radius 3 is 2.39 bits per heavy atom. The van der Waals surface area contributed by atoms with Crippen LogP contribution >= 0.6 is 12.4 Å². The van der Waals surface area contributed by atoms with Crippen LogP contribution in [-0.4, -0.2) is 16.2 Å². The van der Waals surface area contributed by atoms with Crippen LogP contribution in [0, 0.1) is 12.8 Å². The van der Waals surface area contributed by atoms with Crippen molar-refractivity contribution in [2.24, 2.45) is 11.7 Å². The highest BCUT2D eigenvalue weighted by Crippen LogP contribution is 2.32. The van der Waals surface area contributed by atoms with Gasteiger partial charge in [0, 0.05) is 11.6 Å². The van der Waals surface area contributed by atoms with Gasteiger partial charge in [0.05, 0.1) is 5.56 Å². The van der Waals surface area contributed by atoms with Crippen LogP contribution in [0.15, 0.2) is 12.1 Å². The maximum Gasteiger partial charge on any atom is 0.336 e. The van der Waals surface area contributed by atoms with Gasteiger partial charge < -0.3 is 15.9 Å². The van der Waals surface area contributed by atoms with Gasteiger partial charge in [-0.1, -0.05) is 19.9 Å².